The van der Waals surface area contributed by atoms with E-state index in [-0.39, 0.29) is 11.5 Å². The van der Waals surface area contributed by atoms with Gasteiger partial charge in [-0.3, -0.25) is 19.1 Å². The van der Waals surface area contributed by atoms with E-state index >= 15 is 0 Å². The molecule has 3 heterocycles. The number of halogens is 1. The fourth-order valence-electron chi connectivity index (χ4n) is 3.42. The zero-order valence-electron chi connectivity index (χ0n) is 16.8. The highest BCUT2D eigenvalue weighted by molar-refractivity contribution is 6.30. The number of benzene rings is 1. The van der Waals surface area contributed by atoms with Crippen molar-refractivity contribution >= 4 is 23.4 Å². The molecule has 3 aromatic rings. The van der Waals surface area contributed by atoms with Crippen molar-refractivity contribution in [3.63, 3.8) is 0 Å². The van der Waals surface area contributed by atoms with Crippen molar-refractivity contribution in [2.75, 3.05) is 6.54 Å². The summed E-state index contributed by atoms with van der Waals surface area (Å²) in [5.41, 5.74) is 0.807. The molecule has 0 bridgehead atoms. The third-order valence-corrected chi connectivity index (χ3v) is 5.32. The van der Waals surface area contributed by atoms with Crippen LogP contribution in [0, 0.1) is 0 Å². The highest BCUT2D eigenvalue weighted by Gasteiger charge is 2.25. The van der Waals surface area contributed by atoms with E-state index < -0.39 is 17.5 Å². The van der Waals surface area contributed by atoms with E-state index in [1.807, 2.05) is 0 Å². The molecule has 9 nitrogen and oxygen atoms in total. The molecule has 160 valence electrons. The Morgan fingerprint density at radius 1 is 1.23 bits per heavy atom. The molecule has 1 fully saturated rings. The molecule has 0 radical (unpaired) electrons. The predicted octanol–water partition coefficient (Wildman–Crippen LogP) is 1.68. The summed E-state index contributed by atoms with van der Waals surface area (Å²) in [7, 11) is 1.72. The van der Waals surface area contributed by atoms with Crippen LogP contribution in [-0.2, 0) is 11.8 Å². The number of carbonyl (C=O) groups excluding carboxylic acids is 2. The largest absolute Gasteiger partial charge is 0.354 e. The summed E-state index contributed by atoms with van der Waals surface area (Å²) in [6.45, 7) is 0.578. The first-order valence-corrected chi connectivity index (χ1v) is 10.3. The summed E-state index contributed by atoms with van der Waals surface area (Å²) in [4.78, 5) is 38.4. The average molecular weight is 441 g/mol. The second-order valence-corrected chi connectivity index (χ2v) is 7.79. The minimum atomic E-state index is -0.687. The minimum Gasteiger partial charge on any atom is -0.354 e. The summed E-state index contributed by atoms with van der Waals surface area (Å²) in [5, 5.41) is 14.5. The smallest absolute Gasteiger partial charge is 0.284 e. The van der Waals surface area contributed by atoms with Crippen LogP contribution in [0.25, 0.3) is 16.9 Å². The minimum absolute atomic E-state index is 0.110. The van der Waals surface area contributed by atoms with Crippen LogP contribution in [0.15, 0.2) is 47.5 Å². The maximum Gasteiger partial charge on any atom is 0.284 e. The summed E-state index contributed by atoms with van der Waals surface area (Å²) >= 11 is 5.98. The van der Waals surface area contributed by atoms with E-state index in [0.29, 0.717) is 34.9 Å². The van der Waals surface area contributed by atoms with Crippen LogP contribution in [-0.4, -0.2) is 44.0 Å². The topological polar surface area (TPSA) is 111 Å². The van der Waals surface area contributed by atoms with Crippen molar-refractivity contribution in [1.29, 1.82) is 0 Å². The van der Waals surface area contributed by atoms with Gasteiger partial charge in [-0.2, -0.15) is 14.9 Å². The Morgan fingerprint density at radius 2 is 2.00 bits per heavy atom. The Hall–Kier alpha value is -3.46. The van der Waals surface area contributed by atoms with Crippen molar-refractivity contribution < 1.29 is 9.59 Å². The Kier molecular flexibility index (Phi) is 5.85. The molecule has 4 rings (SSSR count). The lowest BCUT2D eigenvalue weighted by Crippen LogP contribution is -2.47. The fourth-order valence-corrected chi connectivity index (χ4v) is 3.55. The van der Waals surface area contributed by atoms with Gasteiger partial charge in [0.25, 0.3) is 11.5 Å². The zero-order valence-corrected chi connectivity index (χ0v) is 17.6. The Morgan fingerprint density at radius 3 is 2.71 bits per heavy atom. The average Bonchev–Trinajstić information content (AvgIpc) is 3.08. The van der Waals surface area contributed by atoms with Gasteiger partial charge in [0.2, 0.25) is 5.91 Å². The van der Waals surface area contributed by atoms with Gasteiger partial charge in [-0.1, -0.05) is 23.7 Å². The van der Waals surface area contributed by atoms with Crippen molar-refractivity contribution in [3.8, 4) is 16.9 Å². The lowest BCUT2D eigenvalue weighted by Gasteiger charge is -2.16. The maximum atomic E-state index is 13.1. The summed E-state index contributed by atoms with van der Waals surface area (Å²) in [5.74, 6) is -0.868. The molecular weight excluding hydrogens is 420 g/mol. The normalized spacial score (nSPS) is 16.5. The number of rotatable bonds is 4. The number of hydrogen-bond acceptors (Lipinski definition) is 5. The van der Waals surface area contributed by atoms with E-state index in [1.165, 1.54) is 16.9 Å². The first kappa shape index (κ1) is 20.8. The van der Waals surface area contributed by atoms with Gasteiger partial charge in [0.15, 0.2) is 0 Å². The number of carbonyl (C=O) groups is 2. The van der Waals surface area contributed by atoms with Gasteiger partial charge in [0.05, 0.1) is 18.1 Å². The molecule has 0 spiro atoms. The van der Waals surface area contributed by atoms with E-state index in [9.17, 15) is 14.4 Å². The van der Waals surface area contributed by atoms with Gasteiger partial charge in [0, 0.05) is 24.2 Å². The standard InChI is InChI=1S/C21H21ClN6O3/c1-27-12-15(11-24-27)28-21(31)16(10-18(26-28)13-5-7-14(22)8-6-13)19(29)25-17-4-2-3-9-23-20(17)30/h5-8,10-12,17H,2-4,9H2,1H3,(H,23,30)(H,25,29)/t17-/m0/s1. The van der Waals surface area contributed by atoms with Crippen molar-refractivity contribution in [2.24, 2.45) is 7.05 Å². The Labute approximate surface area is 183 Å². The van der Waals surface area contributed by atoms with Crippen LogP contribution in [0.4, 0.5) is 0 Å². The maximum absolute atomic E-state index is 13.1. The first-order chi connectivity index (χ1) is 14.9. The second-order valence-electron chi connectivity index (χ2n) is 7.35. The Bertz CT molecular complexity index is 1180. The monoisotopic (exact) mass is 440 g/mol. The first-order valence-electron chi connectivity index (χ1n) is 9.90. The number of nitrogens with one attached hydrogen (secondary N) is 2. The molecule has 2 N–H and O–H groups in total. The van der Waals surface area contributed by atoms with Crippen LogP contribution in [0.1, 0.15) is 29.6 Å². The molecule has 31 heavy (non-hydrogen) atoms. The number of amides is 2. The van der Waals surface area contributed by atoms with E-state index in [1.54, 1.807) is 37.5 Å². The molecule has 1 aromatic carbocycles. The van der Waals surface area contributed by atoms with Crippen molar-refractivity contribution in [2.45, 2.75) is 25.3 Å². The van der Waals surface area contributed by atoms with Gasteiger partial charge in [-0.25, -0.2) is 0 Å². The van der Waals surface area contributed by atoms with Crippen LogP contribution in [0.2, 0.25) is 5.02 Å². The number of aryl methyl sites for hydroxylation is 1. The molecule has 0 unspecified atom stereocenters. The predicted molar refractivity (Wildman–Crippen MR) is 115 cm³/mol. The molecule has 1 saturated heterocycles. The summed E-state index contributed by atoms with van der Waals surface area (Å²) in [6, 6.07) is 7.66. The quantitative estimate of drug-likeness (QED) is 0.641. The van der Waals surface area contributed by atoms with E-state index in [0.717, 1.165) is 17.5 Å². The number of nitrogens with zero attached hydrogens (tertiary/aromatic N) is 4. The molecule has 0 saturated carbocycles. The van der Waals surface area contributed by atoms with Crippen molar-refractivity contribution in [1.82, 2.24) is 30.2 Å². The lowest BCUT2D eigenvalue weighted by atomic mass is 10.1. The molecule has 1 aliphatic rings. The molecule has 1 aliphatic heterocycles. The van der Waals surface area contributed by atoms with Gasteiger partial charge in [0.1, 0.15) is 17.3 Å². The van der Waals surface area contributed by atoms with Gasteiger partial charge in [-0.05, 0) is 37.5 Å². The molecule has 1 atom stereocenters. The number of hydrogen-bond donors (Lipinski definition) is 2. The number of aromatic nitrogens is 4. The fraction of sp³-hybridized carbons (Fsp3) is 0.286. The summed E-state index contributed by atoms with van der Waals surface area (Å²) < 4.78 is 2.67. The SMILES string of the molecule is Cn1cc(-n2nc(-c3ccc(Cl)cc3)cc(C(=O)N[C@H]3CCCCNC3=O)c2=O)cn1. The van der Waals surface area contributed by atoms with E-state index in [4.69, 9.17) is 11.6 Å². The third kappa shape index (κ3) is 4.51. The molecular formula is C21H21ClN6O3. The second kappa shape index (κ2) is 8.73. The van der Waals surface area contributed by atoms with Gasteiger partial charge < -0.3 is 10.6 Å². The molecule has 10 heteroatoms. The zero-order chi connectivity index (χ0) is 22.0. The molecule has 0 aliphatic carbocycles. The highest BCUT2D eigenvalue weighted by atomic mass is 35.5. The van der Waals surface area contributed by atoms with Crippen LogP contribution >= 0.6 is 11.6 Å². The third-order valence-electron chi connectivity index (χ3n) is 5.07. The molecule has 2 amide bonds. The van der Waals surface area contributed by atoms with Gasteiger partial charge >= 0.3 is 0 Å². The van der Waals surface area contributed by atoms with E-state index in [2.05, 4.69) is 20.8 Å². The van der Waals surface area contributed by atoms with Crippen LogP contribution in [0.5, 0.6) is 0 Å². The molecule has 2 aromatic heterocycles. The lowest BCUT2D eigenvalue weighted by molar-refractivity contribution is -0.122. The van der Waals surface area contributed by atoms with Gasteiger partial charge in [-0.15, -0.1) is 0 Å². The Balaban J connectivity index is 1.77. The van der Waals surface area contributed by atoms with Crippen molar-refractivity contribution in [3.05, 3.63) is 63.7 Å². The highest BCUT2D eigenvalue weighted by Crippen LogP contribution is 2.20. The van der Waals surface area contributed by atoms with Crippen LogP contribution < -0.4 is 16.2 Å². The summed E-state index contributed by atoms with van der Waals surface area (Å²) in [6.07, 6.45) is 5.28. The van der Waals surface area contributed by atoms with Crippen LogP contribution in [0.3, 0.4) is 0 Å².